The molecule has 0 aliphatic heterocycles. The lowest BCUT2D eigenvalue weighted by molar-refractivity contribution is 0.868. The molecule has 57 valence electrons. The summed E-state index contributed by atoms with van der Waals surface area (Å²) >= 11 is 0. The zero-order chi connectivity index (χ0) is 7.78. The molecule has 0 heteroatoms. The smallest absolute Gasteiger partial charge is 0.0184 e. The van der Waals surface area contributed by atoms with Crippen LogP contribution >= 0.6 is 0 Å². The number of hydrogen-bond acceptors (Lipinski definition) is 0. The molecule has 0 fully saturated rings. The van der Waals surface area contributed by atoms with E-state index in [-0.39, 0.29) is 0 Å². The van der Waals surface area contributed by atoms with Gasteiger partial charge in [-0.25, -0.2) is 0 Å². The maximum absolute atomic E-state index is 3.04. The third-order valence-corrected chi connectivity index (χ3v) is 1.51. The van der Waals surface area contributed by atoms with E-state index in [0.29, 0.717) is 0 Å². The Balaban J connectivity index is 2.47. The lowest BCUT2D eigenvalue weighted by atomic mass is 10.2. The first kappa shape index (κ1) is 8.06. The topological polar surface area (TPSA) is 0 Å². The van der Waals surface area contributed by atoms with Crippen LogP contribution in [0.4, 0.5) is 0 Å². The molecule has 11 heavy (non-hydrogen) atoms. The van der Waals surface area contributed by atoms with E-state index in [1.807, 2.05) is 18.2 Å². The Labute approximate surface area is 68.6 Å². The van der Waals surface area contributed by atoms with Gasteiger partial charge in [0, 0.05) is 0 Å². The summed E-state index contributed by atoms with van der Waals surface area (Å²) in [6.45, 7) is 0. The maximum atomic E-state index is 3.04. The zero-order valence-electron chi connectivity index (χ0n) is 6.66. The summed E-state index contributed by atoms with van der Waals surface area (Å²) in [4.78, 5) is 0. The average Bonchev–Trinajstić information content (AvgIpc) is 2.08. The Kier molecular flexibility index (Phi) is 4.19. The van der Waals surface area contributed by atoms with Gasteiger partial charge in [0.25, 0.3) is 0 Å². The molecule has 0 unspecified atom stereocenters. The summed E-state index contributed by atoms with van der Waals surface area (Å²) in [5.74, 6) is 0. The molecule has 1 aliphatic rings. The van der Waals surface area contributed by atoms with Gasteiger partial charge < -0.3 is 0 Å². The first-order valence-electron chi connectivity index (χ1n) is 4.06. The molecule has 0 spiro atoms. The van der Waals surface area contributed by atoms with Crippen molar-refractivity contribution in [3.63, 3.8) is 0 Å². The second-order valence-corrected chi connectivity index (χ2v) is 2.48. The van der Waals surface area contributed by atoms with Crippen LogP contribution in [0.5, 0.6) is 0 Å². The van der Waals surface area contributed by atoms with E-state index in [9.17, 15) is 0 Å². The minimum absolute atomic E-state index is 1.17. The van der Waals surface area contributed by atoms with Gasteiger partial charge in [0.15, 0.2) is 0 Å². The highest BCUT2D eigenvalue weighted by molar-refractivity contribution is 5.11. The molecule has 0 nitrogen and oxygen atoms in total. The van der Waals surface area contributed by atoms with E-state index in [0.717, 1.165) is 0 Å². The van der Waals surface area contributed by atoms with Gasteiger partial charge in [-0.15, -0.1) is 0 Å². The van der Waals surface area contributed by atoms with Crippen LogP contribution in [0, 0.1) is 6.08 Å². The number of allylic oxidation sites excluding steroid dienone is 8. The van der Waals surface area contributed by atoms with Crippen LogP contribution in [-0.4, -0.2) is 0 Å². The second kappa shape index (κ2) is 5.72. The third-order valence-electron chi connectivity index (χ3n) is 1.51. The van der Waals surface area contributed by atoms with Gasteiger partial charge in [-0.2, -0.15) is 0 Å². The van der Waals surface area contributed by atoms with E-state index in [1.54, 1.807) is 0 Å². The standard InChI is InChI=1S/C11H13/c1-2-4-6-8-10-11-9-7-5-3-1/h1-4,8,10-11H,5,7,9H2/b3-1-,4-2-,8-6?,11-10+. The third kappa shape index (κ3) is 4.38. The Morgan fingerprint density at radius 1 is 0.909 bits per heavy atom. The molecule has 0 N–H and O–H groups in total. The van der Waals surface area contributed by atoms with Gasteiger partial charge in [0.1, 0.15) is 0 Å². The Bertz CT molecular complexity index is 170. The number of hydrogen-bond donors (Lipinski definition) is 0. The van der Waals surface area contributed by atoms with Crippen LogP contribution in [0.15, 0.2) is 42.5 Å². The molecule has 1 aliphatic carbocycles. The van der Waals surface area contributed by atoms with Crippen molar-refractivity contribution in [3.8, 4) is 0 Å². The Morgan fingerprint density at radius 2 is 1.73 bits per heavy atom. The molecule has 0 heterocycles. The highest BCUT2D eigenvalue weighted by atomic mass is 13.9. The predicted molar refractivity (Wildman–Crippen MR) is 49.1 cm³/mol. The molecule has 0 saturated heterocycles. The fourth-order valence-corrected chi connectivity index (χ4v) is 0.915. The van der Waals surface area contributed by atoms with Crippen LogP contribution in [0.3, 0.4) is 0 Å². The van der Waals surface area contributed by atoms with E-state index >= 15 is 0 Å². The maximum Gasteiger partial charge on any atom is -0.0184 e. The highest BCUT2D eigenvalue weighted by Gasteiger charge is 1.79. The normalized spacial score (nSPS) is 29.8. The summed E-state index contributed by atoms with van der Waals surface area (Å²) in [5, 5.41) is 0. The van der Waals surface area contributed by atoms with Gasteiger partial charge in [-0.05, 0) is 25.3 Å². The van der Waals surface area contributed by atoms with Gasteiger partial charge in [-0.1, -0.05) is 42.5 Å². The van der Waals surface area contributed by atoms with Crippen molar-refractivity contribution in [2.45, 2.75) is 19.3 Å². The SMILES string of the molecule is [C]1=C\C=C\CCC/C=C\C=C/1. The largest absolute Gasteiger partial charge is 0.0845 e. The van der Waals surface area contributed by atoms with Crippen molar-refractivity contribution < 1.29 is 0 Å². The molecule has 0 aromatic heterocycles. The van der Waals surface area contributed by atoms with E-state index < -0.39 is 0 Å². The fourth-order valence-electron chi connectivity index (χ4n) is 0.915. The molecular formula is C11H13. The van der Waals surface area contributed by atoms with Crippen LogP contribution < -0.4 is 0 Å². The van der Waals surface area contributed by atoms with Gasteiger partial charge in [-0.3, -0.25) is 0 Å². The molecule has 0 bridgehead atoms. The lowest BCUT2D eigenvalue weighted by Gasteiger charge is -1.87. The fraction of sp³-hybridized carbons (Fsp3) is 0.273. The van der Waals surface area contributed by atoms with E-state index in [1.165, 1.54) is 19.3 Å². The summed E-state index contributed by atoms with van der Waals surface area (Å²) in [6, 6.07) is 0. The lowest BCUT2D eigenvalue weighted by Crippen LogP contribution is -1.67. The summed E-state index contributed by atoms with van der Waals surface area (Å²) in [7, 11) is 0. The van der Waals surface area contributed by atoms with Gasteiger partial charge in [0.05, 0.1) is 0 Å². The molecular weight excluding hydrogens is 132 g/mol. The minimum atomic E-state index is 1.17. The molecule has 1 radical (unpaired) electrons. The van der Waals surface area contributed by atoms with Crippen molar-refractivity contribution in [3.05, 3.63) is 48.6 Å². The van der Waals surface area contributed by atoms with Crippen LogP contribution in [-0.2, 0) is 0 Å². The Morgan fingerprint density at radius 3 is 2.64 bits per heavy atom. The summed E-state index contributed by atoms with van der Waals surface area (Å²) < 4.78 is 0. The molecule has 0 atom stereocenters. The van der Waals surface area contributed by atoms with Crippen LogP contribution in [0.25, 0.3) is 0 Å². The molecule has 1 rings (SSSR count). The highest BCUT2D eigenvalue weighted by Crippen LogP contribution is 1.99. The van der Waals surface area contributed by atoms with Gasteiger partial charge in [0.2, 0.25) is 0 Å². The monoisotopic (exact) mass is 145 g/mol. The van der Waals surface area contributed by atoms with Crippen molar-refractivity contribution in [2.75, 3.05) is 0 Å². The first-order valence-corrected chi connectivity index (χ1v) is 4.06. The zero-order valence-corrected chi connectivity index (χ0v) is 6.66. The summed E-state index contributed by atoms with van der Waals surface area (Å²) in [6.07, 6.45) is 21.0. The Hall–Kier alpha value is -1.04. The van der Waals surface area contributed by atoms with Crippen molar-refractivity contribution >= 4 is 0 Å². The summed E-state index contributed by atoms with van der Waals surface area (Å²) in [5.41, 5.74) is 0. The van der Waals surface area contributed by atoms with Crippen molar-refractivity contribution in [1.82, 2.24) is 0 Å². The van der Waals surface area contributed by atoms with Gasteiger partial charge >= 0.3 is 0 Å². The average molecular weight is 145 g/mol. The van der Waals surface area contributed by atoms with Crippen molar-refractivity contribution in [1.29, 1.82) is 0 Å². The van der Waals surface area contributed by atoms with E-state index in [2.05, 4.69) is 30.4 Å². The second-order valence-electron chi connectivity index (χ2n) is 2.48. The molecule has 0 aromatic rings. The molecule has 0 aromatic carbocycles. The molecule has 0 amide bonds. The van der Waals surface area contributed by atoms with Crippen molar-refractivity contribution in [2.24, 2.45) is 0 Å². The predicted octanol–water partition coefficient (Wildman–Crippen LogP) is 3.20. The van der Waals surface area contributed by atoms with Crippen LogP contribution in [0.1, 0.15) is 19.3 Å². The quantitative estimate of drug-likeness (QED) is 0.491. The van der Waals surface area contributed by atoms with E-state index in [4.69, 9.17) is 0 Å². The number of rotatable bonds is 0. The molecule has 0 saturated carbocycles. The van der Waals surface area contributed by atoms with Crippen LogP contribution in [0.2, 0.25) is 0 Å². The first-order chi connectivity index (χ1) is 5.50. The minimum Gasteiger partial charge on any atom is -0.0845 e.